The summed E-state index contributed by atoms with van der Waals surface area (Å²) >= 11 is 0. The number of piperidine rings is 2. The molecule has 0 N–H and O–H groups in total. The van der Waals surface area contributed by atoms with Gasteiger partial charge in [-0.2, -0.15) is 18.3 Å². The highest BCUT2D eigenvalue weighted by molar-refractivity contribution is 6.08. The number of likely N-dealkylation sites (tertiary alicyclic amines) is 2. The summed E-state index contributed by atoms with van der Waals surface area (Å²) in [6.07, 6.45) is 1.16. The third kappa shape index (κ3) is 6.52. The van der Waals surface area contributed by atoms with E-state index in [1.807, 2.05) is 4.90 Å². The van der Waals surface area contributed by atoms with E-state index in [2.05, 4.69) is 10.00 Å². The Morgan fingerprint density at radius 1 is 0.958 bits per heavy atom. The highest BCUT2D eigenvalue weighted by Gasteiger charge is 2.44. The Balaban J connectivity index is 1.41. The molecule has 6 rings (SSSR count). The van der Waals surface area contributed by atoms with Gasteiger partial charge in [0.2, 0.25) is 0 Å². The Kier molecular flexibility index (Phi) is 9.50. The van der Waals surface area contributed by atoms with E-state index >= 15 is 0 Å². The number of carbonyl (C=O) groups is 3. The van der Waals surface area contributed by atoms with Crippen molar-refractivity contribution in [2.45, 2.75) is 57.2 Å². The van der Waals surface area contributed by atoms with Crippen LogP contribution in [-0.2, 0) is 12.6 Å². The molecule has 3 aromatic rings. The molecule has 0 radical (unpaired) electrons. The Morgan fingerprint density at radius 3 is 2.33 bits per heavy atom. The lowest BCUT2D eigenvalue weighted by Crippen LogP contribution is -2.50. The SMILES string of the molecule is COc1ccc(-n2nc(C(F)(F)F)c3c2C(=O)N(c2ccc(C(=O)N(C)C)cc2)CC3)c(C(=O)N2CCCCC2CN2CCCCC2)c1. The molecule has 3 aliphatic heterocycles. The summed E-state index contributed by atoms with van der Waals surface area (Å²) in [5, 5.41) is 4.00. The van der Waals surface area contributed by atoms with Crippen LogP contribution in [0.3, 0.4) is 0 Å². The van der Waals surface area contributed by atoms with E-state index in [9.17, 15) is 27.6 Å². The summed E-state index contributed by atoms with van der Waals surface area (Å²) in [5.41, 5.74) is -0.554. The lowest BCUT2D eigenvalue weighted by atomic mass is 9.98. The third-order valence-corrected chi connectivity index (χ3v) is 9.59. The molecule has 1 unspecified atom stereocenters. The molecule has 4 heterocycles. The van der Waals surface area contributed by atoms with Gasteiger partial charge in [-0.3, -0.25) is 14.4 Å². The van der Waals surface area contributed by atoms with E-state index in [-0.39, 0.29) is 53.3 Å². The predicted octanol–water partition coefficient (Wildman–Crippen LogP) is 5.29. The second kappa shape index (κ2) is 13.6. The van der Waals surface area contributed by atoms with Crippen molar-refractivity contribution < 1.29 is 32.3 Å². The normalized spacial score (nSPS) is 18.9. The van der Waals surface area contributed by atoms with Gasteiger partial charge in [-0.15, -0.1) is 0 Å². The Labute approximate surface area is 278 Å². The van der Waals surface area contributed by atoms with Gasteiger partial charge >= 0.3 is 6.18 Å². The van der Waals surface area contributed by atoms with Crippen LogP contribution in [0.2, 0.25) is 0 Å². The van der Waals surface area contributed by atoms with Crippen molar-refractivity contribution in [3.8, 4) is 11.4 Å². The number of benzene rings is 2. The zero-order valence-corrected chi connectivity index (χ0v) is 27.6. The summed E-state index contributed by atoms with van der Waals surface area (Å²) in [4.78, 5) is 48.1. The van der Waals surface area contributed by atoms with Gasteiger partial charge in [0.25, 0.3) is 17.7 Å². The van der Waals surface area contributed by atoms with Crippen LogP contribution in [0.15, 0.2) is 42.5 Å². The van der Waals surface area contributed by atoms with Crippen LogP contribution in [0.5, 0.6) is 5.75 Å². The number of hydrogen-bond donors (Lipinski definition) is 0. The topological polar surface area (TPSA) is 91.2 Å². The maximum Gasteiger partial charge on any atom is 0.435 e. The first-order valence-electron chi connectivity index (χ1n) is 16.5. The number of methoxy groups -OCH3 is 1. The van der Waals surface area contributed by atoms with E-state index in [4.69, 9.17) is 4.74 Å². The number of alkyl halides is 3. The van der Waals surface area contributed by atoms with E-state index in [1.165, 1.54) is 35.5 Å². The molecule has 0 spiro atoms. The molecule has 2 fully saturated rings. The molecule has 0 bridgehead atoms. The highest BCUT2D eigenvalue weighted by Crippen LogP contribution is 2.38. The highest BCUT2D eigenvalue weighted by atomic mass is 19.4. The molecule has 1 aromatic heterocycles. The molecular weight excluding hydrogens is 625 g/mol. The van der Waals surface area contributed by atoms with Gasteiger partial charge in [0, 0.05) is 56.6 Å². The lowest BCUT2D eigenvalue weighted by molar-refractivity contribution is -0.141. The van der Waals surface area contributed by atoms with Crippen molar-refractivity contribution in [1.82, 2.24) is 24.5 Å². The molecule has 48 heavy (non-hydrogen) atoms. The van der Waals surface area contributed by atoms with E-state index in [0.717, 1.165) is 56.4 Å². The number of rotatable bonds is 7. The second-order valence-electron chi connectivity index (χ2n) is 12.9. The van der Waals surface area contributed by atoms with Crippen LogP contribution in [-0.4, -0.2) is 102 Å². The van der Waals surface area contributed by atoms with Gasteiger partial charge in [-0.05, 0) is 94.1 Å². The zero-order valence-electron chi connectivity index (χ0n) is 27.6. The van der Waals surface area contributed by atoms with Crippen LogP contribution in [0.25, 0.3) is 5.69 Å². The summed E-state index contributed by atoms with van der Waals surface area (Å²) in [5.74, 6) is -0.861. The van der Waals surface area contributed by atoms with Gasteiger partial charge in [0.1, 0.15) is 11.4 Å². The summed E-state index contributed by atoms with van der Waals surface area (Å²) < 4.78 is 49.8. The number of anilines is 1. The smallest absolute Gasteiger partial charge is 0.435 e. The number of carbonyl (C=O) groups excluding carboxylic acids is 3. The molecule has 256 valence electrons. The number of fused-ring (bicyclic) bond motifs is 1. The fourth-order valence-electron chi connectivity index (χ4n) is 7.10. The second-order valence-corrected chi connectivity index (χ2v) is 12.9. The Bertz CT molecular complexity index is 1680. The molecule has 0 aliphatic carbocycles. The number of nitrogens with zero attached hydrogens (tertiary/aromatic N) is 6. The fraction of sp³-hybridized carbons (Fsp3) is 0.486. The number of amides is 3. The van der Waals surface area contributed by atoms with Crippen molar-refractivity contribution in [3.63, 3.8) is 0 Å². The average molecular weight is 667 g/mol. The number of aromatic nitrogens is 2. The molecule has 3 aliphatic rings. The van der Waals surface area contributed by atoms with E-state index in [1.54, 1.807) is 44.4 Å². The first-order valence-corrected chi connectivity index (χ1v) is 16.5. The average Bonchev–Trinajstić information content (AvgIpc) is 3.49. The standard InChI is InChI=1S/C35H41F3N6O4/c1-40(2)32(45)23-10-12-24(13-11-23)43-20-16-27-30(34(43)47)44(39-31(27)35(36,37)38)29-15-14-26(48-3)21-28(29)33(46)42-19-8-5-9-25(42)22-41-17-6-4-7-18-41/h10-15,21,25H,4-9,16-20,22H2,1-3H3. The van der Waals surface area contributed by atoms with Crippen LogP contribution in [0, 0.1) is 0 Å². The fourth-order valence-corrected chi connectivity index (χ4v) is 7.10. The van der Waals surface area contributed by atoms with E-state index in [0.29, 0.717) is 23.5 Å². The van der Waals surface area contributed by atoms with Gasteiger partial charge in [-0.25, -0.2) is 4.68 Å². The molecule has 0 saturated carbocycles. The van der Waals surface area contributed by atoms with Crippen molar-refractivity contribution >= 4 is 23.4 Å². The van der Waals surface area contributed by atoms with Crippen LogP contribution >= 0.6 is 0 Å². The van der Waals surface area contributed by atoms with Gasteiger partial charge in [0.15, 0.2) is 5.69 Å². The van der Waals surface area contributed by atoms with Crippen molar-refractivity contribution in [3.05, 3.63) is 70.5 Å². The minimum Gasteiger partial charge on any atom is -0.497 e. The summed E-state index contributed by atoms with van der Waals surface area (Å²) in [6.45, 7) is 3.22. The van der Waals surface area contributed by atoms with Crippen molar-refractivity contribution in [1.29, 1.82) is 0 Å². The third-order valence-electron chi connectivity index (χ3n) is 9.59. The molecule has 2 aromatic carbocycles. The zero-order chi connectivity index (χ0) is 34.2. The Hall–Kier alpha value is -4.39. The number of halogens is 3. The van der Waals surface area contributed by atoms with Crippen LogP contribution < -0.4 is 9.64 Å². The molecular formula is C35H41F3N6O4. The van der Waals surface area contributed by atoms with E-state index < -0.39 is 17.8 Å². The number of ether oxygens (including phenoxy) is 1. The molecule has 2 saturated heterocycles. The largest absolute Gasteiger partial charge is 0.497 e. The Morgan fingerprint density at radius 2 is 1.67 bits per heavy atom. The van der Waals surface area contributed by atoms with Gasteiger partial charge in [-0.1, -0.05) is 6.42 Å². The van der Waals surface area contributed by atoms with Crippen molar-refractivity contribution in [2.24, 2.45) is 0 Å². The van der Waals surface area contributed by atoms with Gasteiger partial charge < -0.3 is 24.3 Å². The summed E-state index contributed by atoms with van der Waals surface area (Å²) in [7, 11) is 4.72. The molecule has 1 atom stereocenters. The maximum atomic E-state index is 14.5. The first-order chi connectivity index (χ1) is 23.0. The van der Waals surface area contributed by atoms with Crippen molar-refractivity contribution in [2.75, 3.05) is 58.8 Å². The monoisotopic (exact) mass is 666 g/mol. The minimum absolute atomic E-state index is 0.0120. The number of hydrogen-bond acceptors (Lipinski definition) is 6. The lowest BCUT2D eigenvalue weighted by Gasteiger charge is -2.40. The first kappa shape index (κ1) is 33.5. The minimum atomic E-state index is -4.82. The quantitative estimate of drug-likeness (QED) is 0.341. The summed E-state index contributed by atoms with van der Waals surface area (Å²) in [6, 6.07) is 10.9. The predicted molar refractivity (Wildman–Crippen MR) is 174 cm³/mol. The molecule has 10 nitrogen and oxygen atoms in total. The van der Waals surface area contributed by atoms with Gasteiger partial charge in [0.05, 0.1) is 18.4 Å². The van der Waals surface area contributed by atoms with Crippen LogP contribution in [0.1, 0.15) is 81.0 Å². The molecule has 3 amide bonds. The maximum absolute atomic E-state index is 14.5. The molecule has 13 heteroatoms. The van der Waals surface area contributed by atoms with Crippen LogP contribution in [0.4, 0.5) is 18.9 Å².